The van der Waals surface area contributed by atoms with Crippen LogP contribution in [0, 0.1) is 0 Å². The summed E-state index contributed by atoms with van der Waals surface area (Å²) in [6, 6.07) is 22.1. The number of nitrogens with zero attached hydrogens (tertiary/aromatic N) is 3. The highest BCUT2D eigenvalue weighted by molar-refractivity contribution is 6.55. The van der Waals surface area contributed by atoms with E-state index in [0.717, 1.165) is 0 Å². The monoisotopic (exact) mass is 450 g/mol. The molecule has 34 heavy (non-hydrogen) atoms. The van der Waals surface area contributed by atoms with Crippen LogP contribution in [0.25, 0.3) is 11.1 Å². The van der Waals surface area contributed by atoms with Crippen molar-refractivity contribution < 1.29 is 19.8 Å². The number of para-hydroxylation sites is 2. The zero-order valence-corrected chi connectivity index (χ0v) is 17.7. The number of hydrogen-bond donors (Lipinski definition) is 3. The van der Waals surface area contributed by atoms with E-state index >= 15 is 0 Å². The van der Waals surface area contributed by atoms with Gasteiger partial charge in [0.15, 0.2) is 5.71 Å². The number of phenols is 1. The third-order valence-corrected chi connectivity index (χ3v) is 5.45. The first kappa shape index (κ1) is 20.9. The predicted octanol–water partition coefficient (Wildman–Crippen LogP) is 4.65. The third kappa shape index (κ3) is 3.63. The molecule has 0 spiro atoms. The fraction of sp³-hybridized carbons (Fsp3) is 0. The van der Waals surface area contributed by atoms with Gasteiger partial charge in [-0.25, -0.2) is 4.79 Å². The third-order valence-electron chi connectivity index (χ3n) is 5.45. The minimum absolute atomic E-state index is 0.110. The number of aromatic hydroxyl groups is 1. The van der Waals surface area contributed by atoms with Crippen molar-refractivity contribution in [1.29, 1.82) is 0 Å². The summed E-state index contributed by atoms with van der Waals surface area (Å²) < 4.78 is 0. The van der Waals surface area contributed by atoms with Crippen molar-refractivity contribution >= 4 is 34.7 Å². The van der Waals surface area contributed by atoms with E-state index in [9.17, 15) is 19.8 Å². The van der Waals surface area contributed by atoms with Crippen LogP contribution in [-0.4, -0.2) is 32.8 Å². The molecule has 166 valence electrons. The molecule has 0 unspecified atom stereocenters. The van der Waals surface area contributed by atoms with Crippen LogP contribution in [0.2, 0.25) is 0 Å². The Hall–Kier alpha value is -4.98. The molecule has 5 rings (SSSR count). The zero-order valence-electron chi connectivity index (χ0n) is 17.7. The molecule has 0 saturated carbocycles. The number of carbonyl (C=O) groups is 2. The average molecular weight is 450 g/mol. The minimum Gasteiger partial charge on any atom is -0.505 e. The number of fused-ring (bicyclic) bond motifs is 1. The summed E-state index contributed by atoms with van der Waals surface area (Å²) in [7, 11) is 0. The summed E-state index contributed by atoms with van der Waals surface area (Å²) in [5.74, 6) is -1.50. The number of phenolic OH excluding ortho intramolecular Hbond substituents is 1. The Morgan fingerprint density at radius 2 is 1.74 bits per heavy atom. The smallest absolute Gasteiger partial charge is 0.335 e. The summed E-state index contributed by atoms with van der Waals surface area (Å²) in [6.45, 7) is 0. The highest BCUT2D eigenvalue weighted by Gasteiger charge is 2.35. The van der Waals surface area contributed by atoms with Gasteiger partial charge in [0.05, 0.1) is 28.8 Å². The van der Waals surface area contributed by atoms with Crippen molar-refractivity contribution in [2.75, 3.05) is 10.3 Å². The standard InChI is InChI=1S/C26H18N4O4/c31-24-19(16-6-3-7-17(14-16)26(33)34)10-4-11-21(24)28-29-23-20-9-1-2-12-22(20)30(25(23)32)18-8-5-13-27-15-18/h1-15,28,31H,(H,33,34)/b29-23-. The molecule has 1 aromatic heterocycles. The number of aromatic carboxylic acids is 1. The number of amides is 1. The molecule has 0 bridgehead atoms. The molecule has 1 aliphatic heterocycles. The van der Waals surface area contributed by atoms with Crippen LogP contribution in [0.4, 0.5) is 17.1 Å². The Morgan fingerprint density at radius 1 is 0.941 bits per heavy atom. The summed E-state index contributed by atoms with van der Waals surface area (Å²) in [6.07, 6.45) is 3.24. The molecule has 0 fully saturated rings. The van der Waals surface area contributed by atoms with Gasteiger partial charge in [0.1, 0.15) is 5.75 Å². The molecule has 3 N–H and O–H groups in total. The summed E-state index contributed by atoms with van der Waals surface area (Å²) >= 11 is 0. The molecule has 0 aliphatic carbocycles. The van der Waals surface area contributed by atoms with Crippen LogP contribution in [-0.2, 0) is 4.79 Å². The van der Waals surface area contributed by atoms with E-state index in [1.165, 1.54) is 17.0 Å². The fourth-order valence-corrected chi connectivity index (χ4v) is 3.85. The number of carbonyl (C=O) groups excluding carboxylic acids is 1. The van der Waals surface area contributed by atoms with Crippen molar-refractivity contribution in [2.24, 2.45) is 5.10 Å². The Balaban J connectivity index is 1.50. The van der Waals surface area contributed by atoms with Gasteiger partial charge in [-0.1, -0.05) is 42.5 Å². The van der Waals surface area contributed by atoms with Crippen LogP contribution in [0.5, 0.6) is 5.75 Å². The molecule has 0 radical (unpaired) electrons. The van der Waals surface area contributed by atoms with Gasteiger partial charge in [0, 0.05) is 17.3 Å². The van der Waals surface area contributed by atoms with Crippen LogP contribution in [0.1, 0.15) is 15.9 Å². The van der Waals surface area contributed by atoms with Gasteiger partial charge in [-0.05, 0) is 42.0 Å². The molecule has 8 heteroatoms. The Labute approximate surface area is 194 Å². The van der Waals surface area contributed by atoms with E-state index < -0.39 is 5.97 Å². The number of aromatic nitrogens is 1. The molecule has 8 nitrogen and oxygen atoms in total. The average Bonchev–Trinajstić information content (AvgIpc) is 3.15. The highest BCUT2D eigenvalue weighted by Crippen LogP contribution is 2.37. The number of hydrazone groups is 1. The number of carboxylic acid groups (broad SMARTS) is 1. The number of benzene rings is 3. The van der Waals surface area contributed by atoms with E-state index in [0.29, 0.717) is 28.1 Å². The molecule has 0 saturated heterocycles. The van der Waals surface area contributed by atoms with Gasteiger partial charge < -0.3 is 10.2 Å². The van der Waals surface area contributed by atoms with Gasteiger partial charge in [0.25, 0.3) is 5.91 Å². The maximum atomic E-state index is 13.3. The Kier molecular flexibility index (Phi) is 5.23. The summed E-state index contributed by atoms with van der Waals surface area (Å²) in [5.41, 5.74) is 6.30. The van der Waals surface area contributed by atoms with Gasteiger partial charge in [0.2, 0.25) is 0 Å². The molecule has 1 aliphatic rings. The van der Waals surface area contributed by atoms with Gasteiger partial charge in [-0.15, -0.1) is 0 Å². The second-order valence-corrected chi connectivity index (χ2v) is 7.53. The Morgan fingerprint density at radius 3 is 2.53 bits per heavy atom. The number of hydrogen-bond acceptors (Lipinski definition) is 6. The van der Waals surface area contributed by atoms with Gasteiger partial charge in [-0.2, -0.15) is 5.10 Å². The molecular formula is C26H18N4O4. The van der Waals surface area contributed by atoms with E-state index in [2.05, 4.69) is 15.5 Å². The largest absolute Gasteiger partial charge is 0.505 e. The zero-order chi connectivity index (χ0) is 23.7. The fourth-order valence-electron chi connectivity index (χ4n) is 3.85. The van der Waals surface area contributed by atoms with Crippen molar-refractivity contribution in [1.82, 2.24) is 4.98 Å². The number of carboxylic acids is 1. The summed E-state index contributed by atoms with van der Waals surface area (Å²) in [4.78, 5) is 30.2. The SMILES string of the molecule is O=C(O)c1cccc(-c2cccc(N/N=C3\C(=O)N(c4cccnc4)c4ccccc43)c2O)c1. The minimum atomic E-state index is -1.06. The molecule has 0 atom stereocenters. The van der Waals surface area contributed by atoms with Crippen molar-refractivity contribution in [3.63, 3.8) is 0 Å². The van der Waals surface area contributed by atoms with Crippen molar-refractivity contribution in [2.45, 2.75) is 0 Å². The molecule has 1 amide bonds. The lowest BCUT2D eigenvalue weighted by atomic mass is 10.0. The topological polar surface area (TPSA) is 115 Å². The lowest BCUT2D eigenvalue weighted by Gasteiger charge is -2.16. The van der Waals surface area contributed by atoms with Gasteiger partial charge >= 0.3 is 5.97 Å². The van der Waals surface area contributed by atoms with Crippen molar-refractivity contribution in [3.8, 4) is 16.9 Å². The molecule has 3 aromatic carbocycles. The number of pyridine rings is 1. The maximum Gasteiger partial charge on any atom is 0.335 e. The predicted molar refractivity (Wildman–Crippen MR) is 128 cm³/mol. The van der Waals surface area contributed by atoms with Crippen LogP contribution < -0.4 is 10.3 Å². The second-order valence-electron chi connectivity index (χ2n) is 7.53. The van der Waals surface area contributed by atoms with E-state index in [4.69, 9.17) is 0 Å². The lowest BCUT2D eigenvalue weighted by molar-refractivity contribution is -0.111. The lowest BCUT2D eigenvalue weighted by Crippen LogP contribution is -2.26. The number of rotatable bonds is 5. The molecule has 2 heterocycles. The number of nitrogens with one attached hydrogen (secondary N) is 1. The number of anilines is 3. The Bertz CT molecular complexity index is 1450. The van der Waals surface area contributed by atoms with E-state index in [1.54, 1.807) is 60.9 Å². The quantitative estimate of drug-likeness (QED) is 0.301. The van der Waals surface area contributed by atoms with E-state index in [-0.39, 0.29) is 28.6 Å². The maximum absolute atomic E-state index is 13.3. The molecule has 4 aromatic rings. The highest BCUT2D eigenvalue weighted by atomic mass is 16.4. The van der Waals surface area contributed by atoms with Crippen molar-refractivity contribution in [3.05, 3.63) is 102 Å². The van der Waals surface area contributed by atoms with Crippen LogP contribution >= 0.6 is 0 Å². The van der Waals surface area contributed by atoms with E-state index in [1.807, 2.05) is 18.2 Å². The first-order chi connectivity index (χ1) is 16.5. The first-order valence-corrected chi connectivity index (χ1v) is 10.4. The summed E-state index contributed by atoms with van der Waals surface area (Å²) in [5, 5.41) is 24.4. The molecular weight excluding hydrogens is 432 g/mol. The second kappa shape index (κ2) is 8.51. The first-order valence-electron chi connectivity index (χ1n) is 10.4. The van der Waals surface area contributed by atoms with Gasteiger partial charge in [-0.3, -0.25) is 20.1 Å². The van der Waals surface area contributed by atoms with Crippen LogP contribution in [0.15, 0.2) is 96.4 Å². The van der Waals surface area contributed by atoms with Crippen LogP contribution in [0.3, 0.4) is 0 Å². The normalized spacial score (nSPS) is 13.7.